The molecule has 3 aromatic carbocycles. The van der Waals surface area contributed by atoms with Crippen LogP contribution < -0.4 is 14.4 Å². The molecule has 1 heterocycles. The Kier molecular flexibility index (Phi) is 6.35. The molecule has 1 aliphatic rings. The van der Waals surface area contributed by atoms with Crippen LogP contribution in [-0.4, -0.2) is 31.0 Å². The van der Waals surface area contributed by atoms with Crippen molar-refractivity contribution in [3.63, 3.8) is 0 Å². The Hall–Kier alpha value is -3.77. The zero-order valence-corrected chi connectivity index (χ0v) is 20.0. The minimum atomic E-state index is -0.891. The van der Waals surface area contributed by atoms with Crippen molar-refractivity contribution in [3.8, 4) is 11.5 Å². The first kappa shape index (κ1) is 23.4. The van der Waals surface area contributed by atoms with Gasteiger partial charge in [-0.15, -0.1) is 0 Å². The van der Waals surface area contributed by atoms with Gasteiger partial charge < -0.3 is 14.6 Å². The summed E-state index contributed by atoms with van der Waals surface area (Å²) in [5.41, 5.74) is 3.17. The molecule has 1 fully saturated rings. The summed E-state index contributed by atoms with van der Waals surface area (Å²) in [4.78, 5) is 28.2. The van der Waals surface area contributed by atoms with Gasteiger partial charge in [-0.3, -0.25) is 14.5 Å². The second-order valence-electron chi connectivity index (χ2n) is 8.01. The van der Waals surface area contributed by atoms with Crippen LogP contribution in [0.15, 0.2) is 66.2 Å². The van der Waals surface area contributed by atoms with Gasteiger partial charge in [0.15, 0.2) is 0 Å². The number of halogens is 1. The smallest absolute Gasteiger partial charge is 0.300 e. The molecule has 3 aromatic rings. The lowest BCUT2D eigenvalue weighted by Gasteiger charge is -2.27. The topological polar surface area (TPSA) is 76.1 Å². The molecule has 0 bridgehead atoms. The number of amides is 1. The maximum atomic E-state index is 13.4. The van der Waals surface area contributed by atoms with Gasteiger partial charge in [-0.2, -0.15) is 0 Å². The summed E-state index contributed by atoms with van der Waals surface area (Å²) in [7, 11) is 3.03. The summed E-state index contributed by atoms with van der Waals surface area (Å²) >= 11 is 6.37. The Morgan fingerprint density at radius 1 is 0.941 bits per heavy atom. The van der Waals surface area contributed by atoms with Gasteiger partial charge in [-0.25, -0.2) is 0 Å². The van der Waals surface area contributed by atoms with Gasteiger partial charge in [-0.05, 0) is 66.9 Å². The molecule has 4 rings (SSSR count). The molecule has 0 spiro atoms. The Balaban J connectivity index is 2.02. The molecule has 34 heavy (non-hydrogen) atoms. The monoisotopic (exact) mass is 477 g/mol. The van der Waals surface area contributed by atoms with Crippen molar-refractivity contribution in [2.24, 2.45) is 0 Å². The first-order valence-corrected chi connectivity index (χ1v) is 11.0. The van der Waals surface area contributed by atoms with E-state index in [1.165, 1.54) is 25.2 Å². The van der Waals surface area contributed by atoms with Crippen LogP contribution in [0.5, 0.6) is 11.5 Å². The number of Topliss-reactive ketones (excluding diaryl/α,β-unsaturated/α-hetero) is 1. The minimum Gasteiger partial charge on any atom is -0.507 e. The molecule has 7 heteroatoms. The van der Waals surface area contributed by atoms with Gasteiger partial charge in [0.1, 0.15) is 17.3 Å². The lowest BCUT2D eigenvalue weighted by Crippen LogP contribution is -2.30. The molecule has 1 N–H and O–H groups in total. The fraction of sp³-hybridized carbons (Fsp3) is 0.185. The van der Waals surface area contributed by atoms with Crippen molar-refractivity contribution in [1.29, 1.82) is 0 Å². The first-order chi connectivity index (χ1) is 16.3. The van der Waals surface area contributed by atoms with Crippen molar-refractivity contribution in [2.75, 3.05) is 19.1 Å². The number of anilines is 1. The van der Waals surface area contributed by atoms with Gasteiger partial charge in [0, 0.05) is 11.3 Å². The van der Waals surface area contributed by atoms with E-state index in [0.29, 0.717) is 22.7 Å². The average molecular weight is 478 g/mol. The maximum Gasteiger partial charge on any atom is 0.300 e. The summed E-state index contributed by atoms with van der Waals surface area (Å²) in [6, 6.07) is 16.5. The molecule has 1 amide bonds. The van der Waals surface area contributed by atoms with Gasteiger partial charge in [0.05, 0.1) is 30.9 Å². The fourth-order valence-corrected chi connectivity index (χ4v) is 4.37. The predicted octanol–water partition coefficient (Wildman–Crippen LogP) is 5.60. The van der Waals surface area contributed by atoms with Crippen LogP contribution in [0.25, 0.3) is 5.76 Å². The fourth-order valence-electron chi connectivity index (χ4n) is 4.16. The zero-order chi connectivity index (χ0) is 24.6. The number of aryl methyl sites for hydroxylation is 1. The minimum absolute atomic E-state index is 0.0608. The van der Waals surface area contributed by atoms with E-state index in [1.54, 1.807) is 42.5 Å². The summed E-state index contributed by atoms with van der Waals surface area (Å²) in [5.74, 6) is -0.897. The molecule has 0 aromatic heterocycles. The summed E-state index contributed by atoms with van der Waals surface area (Å²) in [6.07, 6.45) is 0. The summed E-state index contributed by atoms with van der Waals surface area (Å²) in [5, 5.41) is 11.6. The van der Waals surface area contributed by atoms with Gasteiger partial charge in [0.25, 0.3) is 11.7 Å². The lowest BCUT2D eigenvalue weighted by molar-refractivity contribution is -0.132. The normalized spacial score (nSPS) is 17.2. The highest BCUT2D eigenvalue weighted by Crippen LogP contribution is 2.45. The molecular formula is C27H24ClNO5. The number of hydrogen-bond acceptors (Lipinski definition) is 5. The maximum absolute atomic E-state index is 13.4. The SMILES string of the molecule is COc1cccc(C2/C(=C(\O)c3cc(OC)ccc3Cl)C(=O)C(=O)N2c2cccc(C)c2C)c1. The van der Waals surface area contributed by atoms with E-state index in [0.717, 1.165) is 11.1 Å². The third kappa shape index (κ3) is 3.90. The Bertz CT molecular complexity index is 1330. The molecule has 0 saturated carbocycles. The zero-order valence-electron chi connectivity index (χ0n) is 19.3. The van der Waals surface area contributed by atoms with E-state index >= 15 is 0 Å². The standard InChI is InChI=1S/C27H24ClNO5/c1-15-7-5-10-22(16(15)2)29-24(17-8-6-9-18(13-17)33-3)23(26(31)27(29)32)25(30)20-14-19(34-4)11-12-21(20)28/h5-14,24,30H,1-4H3/b25-23+. The molecule has 6 nitrogen and oxygen atoms in total. The van der Waals surface area contributed by atoms with Crippen molar-refractivity contribution >= 4 is 34.7 Å². The van der Waals surface area contributed by atoms with Crippen LogP contribution in [0.2, 0.25) is 5.02 Å². The second-order valence-corrected chi connectivity index (χ2v) is 8.42. The van der Waals surface area contributed by atoms with Crippen LogP contribution in [0.1, 0.15) is 28.3 Å². The number of ether oxygens (including phenoxy) is 2. The third-order valence-electron chi connectivity index (χ3n) is 6.12. The number of methoxy groups -OCH3 is 2. The van der Waals surface area contributed by atoms with E-state index in [-0.39, 0.29) is 21.9 Å². The lowest BCUT2D eigenvalue weighted by atomic mass is 9.94. The highest BCUT2D eigenvalue weighted by molar-refractivity contribution is 6.52. The van der Waals surface area contributed by atoms with Crippen LogP contribution in [0.3, 0.4) is 0 Å². The number of aliphatic hydroxyl groups excluding tert-OH is 1. The van der Waals surface area contributed by atoms with E-state index in [1.807, 2.05) is 26.0 Å². The van der Waals surface area contributed by atoms with Gasteiger partial charge >= 0.3 is 0 Å². The molecule has 0 radical (unpaired) electrons. The largest absolute Gasteiger partial charge is 0.507 e. The van der Waals surface area contributed by atoms with E-state index in [2.05, 4.69) is 0 Å². The number of carbonyl (C=O) groups is 2. The van der Waals surface area contributed by atoms with Crippen molar-refractivity contribution in [2.45, 2.75) is 19.9 Å². The summed E-state index contributed by atoms with van der Waals surface area (Å²) < 4.78 is 10.6. The van der Waals surface area contributed by atoms with Crippen molar-refractivity contribution in [3.05, 3.63) is 93.5 Å². The molecule has 174 valence electrons. The van der Waals surface area contributed by atoms with E-state index in [4.69, 9.17) is 21.1 Å². The number of ketones is 1. The van der Waals surface area contributed by atoms with Crippen molar-refractivity contribution in [1.82, 2.24) is 0 Å². The van der Waals surface area contributed by atoms with Gasteiger partial charge in [0.2, 0.25) is 0 Å². The second kappa shape index (κ2) is 9.23. The molecule has 1 aliphatic heterocycles. The van der Waals surface area contributed by atoms with E-state index in [9.17, 15) is 14.7 Å². The quantitative estimate of drug-likeness (QED) is 0.294. The highest BCUT2D eigenvalue weighted by atomic mass is 35.5. The first-order valence-electron chi connectivity index (χ1n) is 10.6. The van der Waals surface area contributed by atoms with Crippen LogP contribution in [0.4, 0.5) is 5.69 Å². The molecular weight excluding hydrogens is 454 g/mol. The van der Waals surface area contributed by atoms with Crippen LogP contribution in [0, 0.1) is 13.8 Å². The number of carbonyl (C=O) groups excluding carboxylic acids is 2. The number of hydrogen-bond donors (Lipinski definition) is 1. The average Bonchev–Trinajstić information content (AvgIpc) is 3.11. The van der Waals surface area contributed by atoms with Crippen LogP contribution in [-0.2, 0) is 9.59 Å². The van der Waals surface area contributed by atoms with Crippen molar-refractivity contribution < 1.29 is 24.2 Å². The number of nitrogens with zero attached hydrogens (tertiary/aromatic N) is 1. The Morgan fingerprint density at radius 2 is 1.62 bits per heavy atom. The molecule has 1 atom stereocenters. The predicted molar refractivity (Wildman–Crippen MR) is 132 cm³/mol. The molecule has 1 unspecified atom stereocenters. The Morgan fingerprint density at radius 3 is 2.32 bits per heavy atom. The molecule has 0 aliphatic carbocycles. The summed E-state index contributed by atoms with van der Waals surface area (Å²) in [6.45, 7) is 3.83. The number of benzene rings is 3. The number of rotatable bonds is 5. The van der Waals surface area contributed by atoms with Crippen LogP contribution >= 0.6 is 11.6 Å². The number of aliphatic hydroxyl groups is 1. The highest BCUT2D eigenvalue weighted by Gasteiger charge is 2.47. The Labute approximate surface area is 203 Å². The van der Waals surface area contributed by atoms with Gasteiger partial charge in [-0.1, -0.05) is 35.9 Å². The molecule has 1 saturated heterocycles. The third-order valence-corrected chi connectivity index (χ3v) is 6.45. The van der Waals surface area contributed by atoms with E-state index < -0.39 is 17.7 Å².